The molecule has 4 heteroatoms. The molecule has 1 aromatic rings. The van der Waals surface area contributed by atoms with E-state index in [2.05, 4.69) is 18.7 Å². The summed E-state index contributed by atoms with van der Waals surface area (Å²) in [6.45, 7) is 5.50. The van der Waals surface area contributed by atoms with Crippen molar-refractivity contribution in [3.8, 4) is 0 Å². The molecule has 1 heterocycles. The van der Waals surface area contributed by atoms with Crippen LogP contribution in [0.2, 0.25) is 0 Å². The molecule has 21 heavy (non-hydrogen) atoms. The van der Waals surface area contributed by atoms with Crippen LogP contribution in [0.1, 0.15) is 43.5 Å². The number of hydrogen-bond acceptors (Lipinski definition) is 3. The Bertz CT molecular complexity index is 590. The summed E-state index contributed by atoms with van der Waals surface area (Å²) in [6.07, 6.45) is 3.63. The molecule has 0 N–H and O–H groups in total. The summed E-state index contributed by atoms with van der Waals surface area (Å²) in [5.41, 5.74) is 2.41. The van der Waals surface area contributed by atoms with Crippen molar-refractivity contribution in [2.24, 2.45) is 5.92 Å². The highest BCUT2D eigenvalue weighted by atomic mass is 16.2. The molecule has 0 unspecified atom stereocenters. The minimum atomic E-state index is -0.428. The largest absolute Gasteiger partial charge is 0.368 e. The molecule has 2 aliphatic rings. The standard InChI is InChI=1S/C17H22N2O2/c1-11(2)8-9-19(12-4-5-12)13-6-7-14-15(10-13)18(3)17(21)16(14)20/h6-7,10-12H,4-5,8-9H2,1-3H3. The summed E-state index contributed by atoms with van der Waals surface area (Å²) in [4.78, 5) is 27.5. The van der Waals surface area contributed by atoms with Gasteiger partial charge in [-0.05, 0) is 43.4 Å². The molecule has 1 aromatic carbocycles. The fourth-order valence-electron chi connectivity index (χ4n) is 2.85. The number of nitrogens with zero attached hydrogens (tertiary/aromatic N) is 2. The summed E-state index contributed by atoms with van der Waals surface area (Å²) < 4.78 is 0. The number of likely N-dealkylation sites (N-methyl/N-ethyl adjacent to an activating group) is 1. The SMILES string of the molecule is CC(C)CCN(c1ccc2c(c1)N(C)C(=O)C2=O)C1CC1. The lowest BCUT2D eigenvalue weighted by Crippen LogP contribution is -2.28. The number of carbonyl (C=O) groups excluding carboxylic acids is 2. The van der Waals surface area contributed by atoms with Crippen LogP contribution >= 0.6 is 0 Å². The van der Waals surface area contributed by atoms with E-state index in [9.17, 15) is 9.59 Å². The van der Waals surface area contributed by atoms with E-state index < -0.39 is 5.91 Å². The number of benzene rings is 1. The van der Waals surface area contributed by atoms with Crippen molar-refractivity contribution in [2.75, 3.05) is 23.4 Å². The fourth-order valence-corrected chi connectivity index (χ4v) is 2.85. The van der Waals surface area contributed by atoms with Crippen LogP contribution in [-0.4, -0.2) is 31.3 Å². The zero-order valence-corrected chi connectivity index (χ0v) is 12.9. The van der Waals surface area contributed by atoms with Crippen LogP contribution in [0.3, 0.4) is 0 Å². The Kier molecular flexibility index (Phi) is 3.47. The van der Waals surface area contributed by atoms with Gasteiger partial charge in [-0.3, -0.25) is 9.59 Å². The molecule has 0 saturated heterocycles. The Balaban J connectivity index is 1.89. The van der Waals surface area contributed by atoms with Gasteiger partial charge in [0.2, 0.25) is 0 Å². The summed E-state index contributed by atoms with van der Waals surface area (Å²) >= 11 is 0. The minimum Gasteiger partial charge on any atom is -0.368 e. The Morgan fingerprint density at radius 2 is 2.00 bits per heavy atom. The van der Waals surface area contributed by atoms with Gasteiger partial charge in [-0.15, -0.1) is 0 Å². The van der Waals surface area contributed by atoms with Gasteiger partial charge in [0.05, 0.1) is 11.3 Å². The number of hydrogen-bond donors (Lipinski definition) is 0. The smallest absolute Gasteiger partial charge is 0.299 e. The lowest BCUT2D eigenvalue weighted by Gasteiger charge is -2.26. The average molecular weight is 286 g/mol. The van der Waals surface area contributed by atoms with E-state index >= 15 is 0 Å². The molecule has 1 fully saturated rings. The Labute approximate surface area is 125 Å². The number of fused-ring (bicyclic) bond motifs is 1. The molecule has 3 rings (SSSR count). The van der Waals surface area contributed by atoms with Crippen molar-refractivity contribution in [1.82, 2.24) is 0 Å². The molecule has 0 atom stereocenters. The molecule has 1 aliphatic heterocycles. The Morgan fingerprint density at radius 3 is 2.62 bits per heavy atom. The van der Waals surface area contributed by atoms with Gasteiger partial charge in [-0.2, -0.15) is 0 Å². The van der Waals surface area contributed by atoms with Crippen molar-refractivity contribution in [3.63, 3.8) is 0 Å². The van der Waals surface area contributed by atoms with Gasteiger partial charge in [0, 0.05) is 25.3 Å². The molecule has 0 radical (unpaired) electrons. The van der Waals surface area contributed by atoms with Crippen molar-refractivity contribution < 1.29 is 9.59 Å². The molecule has 0 spiro atoms. The Morgan fingerprint density at radius 1 is 1.29 bits per heavy atom. The monoisotopic (exact) mass is 286 g/mol. The third-order valence-corrected chi connectivity index (χ3v) is 4.35. The number of amides is 1. The second-order valence-corrected chi connectivity index (χ2v) is 6.50. The third-order valence-electron chi connectivity index (χ3n) is 4.35. The van der Waals surface area contributed by atoms with Crippen LogP contribution in [0.5, 0.6) is 0 Å². The summed E-state index contributed by atoms with van der Waals surface area (Å²) in [6, 6.07) is 6.41. The van der Waals surface area contributed by atoms with Gasteiger partial charge in [0.1, 0.15) is 0 Å². The van der Waals surface area contributed by atoms with Crippen LogP contribution in [0.25, 0.3) is 0 Å². The topological polar surface area (TPSA) is 40.6 Å². The van der Waals surface area contributed by atoms with Crippen molar-refractivity contribution >= 4 is 23.1 Å². The quantitative estimate of drug-likeness (QED) is 0.781. The van der Waals surface area contributed by atoms with E-state index in [1.807, 2.05) is 12.1 Å². The maximum Gasteiger partial charge on any atom is 0.299 e. The van der Waals surface area contributed by atoms with Gasteiger partial charge in [0.15, 0.2) is 0 Å². The average Bonchev–Trinajstić information content (AvgIpc) is 3.26. The summed E-state index contributed by atoms with van der Waals surface area (Å²) in [7, 11) is 1.67. The first-order valence-corrected chi connectivity index (χ1v) is 7.72. The molecule has 112 valence electrons. The van der Waals surface area contributed by atoms with Gasteiger partial charge >= 0.3 is 0 Å². The predicted octanol–water partition coefficient (Wildman–Crippen LogP) is 2.86. The third kappa shape index (κ3) is 2.55. The zero-order valence-electron chi connectivity index (χ0n) is 12.9. The number of Topliss-reactive ketones (excluding diaryl/α,β-unsaturated/α-hetero) is 1. The summed E-state index contributed by atoms with van der Waals surface area (Å²) in [5.74, 6) is -0.145. The highest BCUT2D eigenvalue weighted by molar-refractivity contribution is 6.52. The van der Waals surface area contributed by atoms with Crippen LogP contribution in [-0.2, 0) is 4.79 Å². The van der Waals surface area contributed by atoms with E-state index in [0.717, 1.165) is 24.3 Å². The second kappa shape index (κ2) is 5.17. The zero-order chi connectivity index (χ0) is 15.1. The molecule has 1 aliphatic carbocycles. The maximum absolute atomic E-state index is 11.8. The molecular weight excluding hydrogens is 264 g/mol. The molecule has 1 amide bonds. The van der Waals surface area contributed by atoms with Crippen molar-refractivity contribution in [2.45, 2.75) is 39.2 Å². The Hall–Kier alpha value is -1.84. The van der Waals surface area contributed by atoms with Crippen molar-refractivity contribution in [1.29, 1.82) is 0 Å². The second-order valence-electron chi connectivity index (χ2n) is 6.50. The predicted molar refractivity (Wildman–Crippen MR) is 84.0 cm³/mol. The maximum atomic E-state index is 11.8. The number of rotatable bonds is 5. The highest BCUT2D eigenvalue weighted by Crippen LogP contribution is 2.37. The van der Waals surface area contributed by atoms with Gasteiger partial charge in [0.25, 0.3) is 11.7 Å². The van der Waals surface area contributed by atoms with Crippen LogP contribution < -0.4 is 9.80 Å². The molecular formula is C17H22N2O2. The van der Waals surface area contributed by atoms with Crippen molar-refractivity contribution in [3.05, 3.63) is 23.8 Å². The van der Waals surface area contributed by atoms with Crippen LogP contribution in [0, 0.1) is 5.92 Å². The number of anilines is 2. The number of carbonyl (C=O) groups is 2. The minimum absolute atomic E-state index is 0.390. The lowest BCUT2D eigenvalue weighted by atomic mass is 10.1. The normalized spacial score (nSPS) is 17.6. The molecule has 0 aromatic heterocycles. The first-order chi connectivity index (χ1) is 9.99. The first-order valence-electron chi connectivity index (χ1n) is 7.72. The molecule has 1 saturated carbocycles. The van der Waals surface area contributed by atoms with Gasteiger partial charge in [-0.25, -0.2) is 0 Å². The number of ketones is 1. The molecule has 0 bridgehead atoms. The van der Waals surface area contributed by atoms with E-state index in [1.54, 1.807) is 13.1 Å². The first kappa shape index (κ1) is 14.1. The van der Waals surface area contributed by atoms with E-state index in [0.29, 0.717) is 17.5 Å². The lowest BCUT2D eigenvalue weighted by molar-refractivity contribution is -0.114. The summed E-state index contributed by atoms with van der Waals surface area (Å²) in [5, 5.41) is 0. The van der Waals surface area contributed by atoms with Crippen LogP contribution in [0.15, 0.2) is 18.2 Å². The van der Waals surface area contributed by atoms with E-state index in [4.69, 9.17) is 0 Å². The highest BCUT2D eigenvalue weighted by Gasteiger charge is 2.35. The van der Waals surface area contributed by atoms with E-state index in [1.165, 1.54) is 17.7 Å². The van der Waals surface area contributed by atoms with Crippen LogP contribution in [0.4, 0.5) is 11.4 Å². The van der Waals surface area contributed by atoms with Gasteiger partial charge in [-0.1, -0.05) is 13.8 Å². The fraction of sp³-hybridized carbons (Fsp3) is 0.529. The van der Waals surface area contributed by atoms with Gasteiger partial charge < -0.3 is 9.80 Å². The van der Waals surface area contributed by atoms with E-state index in [-0.39, 0.29) is 5.78 Å². The molecule has 4 nitrogen and oxygen atoms in total.